The standard InChI is InChI=1S/C18H16ClN5O/c1-3-16-22-23-17-12-6-4-5-7-13(12)20-18(24(16)17)21-14-10-11(19)8-9-15(14)25-2/h4-10H,3H2,1-2H3,(H,20,21). The largest absolute Gasteiger partial charge is 0.495 e. The molecule has 0 aliphatic heterocycles. The van der Waals surface area contributed by atoms with Crippen LogP contribution in [0.15, 0.2) is 42.5 Å². The van der Waals surface area contributed by atoms with E-state index >= 15 is 0 Å². The molecule has 0 atom stereocenters. The van der Waals surface area contributed by atoms with Crippen LogP contribution in [0.3, 0.4) is 0 Å². The Labute approximate surface area is 149 Å². The predicted molar refractivity (Wildman–Crippen MR) is 99.0 cm³/mol. The number of hydrogen-bond donors (Lipinski definition) is 1. The first kappa shape index (κ1) is 15.7. The minimum Gasteiger partial charge on any atom is -0.495 e. The Balaban J connectivity index is 1.97. The van der Waals surface area contributed by atoms with Crippen molar-refractivity contribution in [2.24, 2.45) is 0 Å². The van der Waals surface area contributed by atoms with Crippen LogP contribution in [0, 0.1) is 0 Å². The normalized spacial score (nSPS) is 11.2. The molecule has 25 heavy (non-hydrogen) atoms. The number of nitrogens with one attached hydrogen (secondary N) is 1. The molecule has 0 saturated heterocycles. The van der Waals surface area contributed by atoms with Gasteiger partial charge in [-0.2, -0.15) is 0 Å². The van der Waals surface area contributed by atoms with Gasteiger partial charge in [0.15, 0.2) is 5.65 Å². The van der Waals surface area contributed by atoms with Crippen molar-refractivity contribution in [2.75, 3.05) is 12.4 Å². The van der Waals surface area contributed by atoms with Gasteiger partial charge in [-0.1, -0.05) is 30.7 Å². The molecular formula is C18H16ClN5O. The fourth-order valence-corrected chi connectivity index (χ4v) is 3.02. The number of ether oxygens (including phenoxy) is 1. The van der Waals surface area contributed by atoms with Crippen molar-refractivity contribution in [3.05, 3.63) is 53.3 Å². The summed E-state index contributed by atoms with van der Waals surface area (Å²) in [5, 5.41) is 13.5. The summed E-state index contributed by atoms with van der Waals surface area (Å²) in [7, 11) is 1.62. The number of benzene rings is 2. The summed E-state index contributed by atoms with van der Waals surface area (Å²) in [5.74, 6) is 2.13. The van der Waals surface area contributed by atoms with Gasteiger partial charge in [0.05, 0.1) is 18.3 Å². The fraction of sp³-hybridized carbons (Fsp3) is 0.167. The Kier molecular flexibility index (Phi) is 3.89. The first-order valence-electron chi connectivity index (χ1n) is 7.94. The van der Waals surface area contributed by atoms with Gasteiger partial charge < -0.3 is 10.1 Å². The van der Waals surface area contributed by atoms with E-state index in [1.165, 1.54) is 0 Å². The second kappa shape index (κ2) is 6.22. The molecule has 0 saturated carbocycles. The maximum absolute atomic E-state index is 6.14. The molecule has 0 spiro atoms. The second-order valence-electron chi connectivity index (χ2n) is 5.55. The van der Waals surface area contributed by atoms with Gasteiger partial charge in [0, 0.05) is 16.8 Å². The van der Waals surface area contributed by atoms with E-state index in [1.54, 1.807) is 19.2 Å². The van der Waals surface area contributed by atoms with E-state index in [2.05, 4.69) is 15.5 Å². The molecule has 2 aromatic heterocycles. The molecule has 6 nitrogen and oxygen atoms in total. The van der Waals surface area contributed by atoms with E-state index in [0.29, 0.717) is 16.7 Å². The molecule has 1 N–H and O–H groups in total. The molecule has 0 fully saturated rings. The average Bonchev–Trinajstić information content (AvgIpc) is 3.07. The predicted octanol–water partition coefficient (Wildman–Crippen LogP) is 4.25. The lowest BCUT2D eigenvalue weighted by atomic mass is 10.2. The van der Waals surface area contributed by atoms with Crippen molar-refractivity contribution in [1.29, 1.82) is 0 Å². The van der Waals surface area contributed by atoms with E-state index in [-0.39, 0.29) is 0 Å². The summed E-state index contributed by atoms with van der Waals surface area (Å²) in [6, 6.07) is 13.3. The molecule has 7 heteroatoms. The summed E-state index contributed by atoms with van der Waals surface area (Å²) in [4.78, 5) is 4.76. The first-order chi connectivity index (χ1) is 12.2. The highest BCUT2D eigenvalue weighted by Gasteiger charge is 2.15. The summed E-state index contributed by atoms with van der Waals surface area (Å²) in [6.07, 6.45) is 0.739. The van der Waals surface area contributed by atoms with Gasteiger partial charge in [-0.05, 0) is 30.3 Å². The Hall–Kier alpha value is -2.86. The maximum atomic E-state index is 6.14. The SMILES string of the molecule is CCc1nnc2c3ccccc3nc(Nc3cc(Cl)ccc3OC)n12. The van der Waals surface area contributed by atoms with Crippen molar-refractivity contribution in [1.82, 2.24) is 19.6 Å². The van der Waals surface area contributed by atoms with Crippen LogP contribution < -0.4 is 10.1 Å². The number of halogens is 1. The molecule has 0 radical (unpaired) electrons. The summed E-state index contributed by atoms with van der Waals surface area (Å²) < 4.78 is 7.35. The van der Waals surface area contributed by atoms with Gasteiger partial charge in [0.1, 0.15) is 11.6 Å². The highest BCUT2D eigenvalue weighted by atomic mass is 35.5. The zero-order valence-electron chi connectivity index (χ0n) is 13.8. The van der Waals surface area contributed by atoms with E-state index in [4.69, 9.17) is 21.3 Å². The first-order valence-corrected chi connectivity index (χ1v) is 8.32. The summed E-state index contributed by atoms with van der Waals surface area (Å²) in [6.45, 7) is 2.04. The average molecular weight is 354 g/mol. The number of rotatable bonds is 4. The molecule has 0 aliphatic rings. The molecule has 126 valence electrons. The minimum atomic E-state index is 0.611. The molecule has 0 amide bonds. The number of hydrogen-bond acceptors (Lipinski definition) is 5. The zero-order valence-corrected chi connectivity index (χ0v) is 14.6. The quantitative estimate of drug-likeness (QED) is 0.594. The summed E-state index contributed by atoms with van der Waals surface area (Å²) >= 11 is 6.14. The Bertz CT molecular complexity index is 1080. The van der Waals surface area contributed by atoms with Crippen molar-refractivity contribution < 1.29 is 4.74 Å². The minimum absolute atomic E-state index is 0.611. The van der Waals surface area contributed by atoms with Gasteiger partial charge in [-0.3, -0.25) is 0 Å². The van der Waals surface area contributed by atoms with E-state index < -0.39 is 0 Å². The highest BCUT2D eigenvalue weighted by Crippen LogP contribution is 2.31. The summed E-state index contributed by atoms with van der Waals surface area (Å²) in [5.41, 5.74) is 2.34. The monoisotopic (exact) mass is 353 g/mol. The zero-order chi connectivity index (χ0) is 17.4. The second-order valence-corrected chi connectivity index (χ2v) is 5.99. The topological polar surface area (TPSA) is 64.3 Å². The molecule has 0 bridgehead atoms. The number of aromatic nitrogens is 4. The molecule has 2 heterocycles. The lowest BCUT2D eigenvalue weighted by molar-refractivity contribution is 0.417. The Morgan fingerprint density at radius 2 is 2.00 bits per heavy atom. The third kappa shape index (κ3) is 2.64. The Morgan fingerprint density at radius 3 is 2.80 bits per heavy atom. The van der Waals surface area contributed by atoms with Crippen molar-refractivity contribution in [3.63, 3.8) is 0 Å². The molecule has 0 aliphatic carbocycles. The van der Waals surface area contributed by atoms with Gasteiger partial charge in [0.25, 0.3) is 0 Å². The number of nitrogens with zero attached hydrogens (tertiary/aromatic N) is 4. The van der Waals surface area contributed by atoms with Gasteiger partial charge in [-0.25, -0.2) is 9.38 Å². The van der Waals surface area contributed by atoms with Crippen LogP contribution in [0.5, 0.6) is 5.75 Å². The van der Waals surface area contributed by atoms with E-state index in [1.807, 2.05) is 41.7 Å². The van der Waals surface area contributed by atoms with E-state index in [0.717, 1.165) is 34.5 Å². The number of fused-ring (bicyclic) bond motifs is 3. The van der Waals surface area contributed by atoms with Crippen LogP contribution >= 0.6 is 11.6 Å². The number of methoxy groups -OCH3 is 1. The third-order valence-electron chi connectivity index (χ3n) is 4.04. The fourth-order valence-electron chi connectivity index (χ4n) is 2.85. The van der Waals surface area contributed by atoms with Crippen LogP contribution in [-0.2, 0) is 6.42 Å². The highest BCUT2D eigenvalue weighted by molar-refractivity contribution is 6.31. The lowest BCUT2D eigenvalue weighted by Gasteiger charge is -2.14. The van der Waals surface area contributed by atoms with Crippen LogP contribution in [0.1, 0.15) is 12.7 Å². The molecule has 2 aromatic carbocycles. The van der Waals surface area contributed by atoms with Crippen LogP contribution in [0.2, 0.25) is 5.02 Å². The van der Waals surface area contributed by atoms with Crippen LogP contribution in [0.4, 0.5) is 11.6 Å². The van der Waals surface area contributed by atoms with Crippen LogP contribution in [-0.4, -0.2) is 26.7 Å². The van der Waals surface area contributed by atoms with E-state index in [9.17, 15) is 0 Å². The maximum Gasteiger partial charge on any atom is 0.215 e. The molecule has 4 aromatic rings. The number of anilines is 2. The smallest absolute Gasteiger partial charge is 0.215 e. The van der Waals surface area contributed by atoms with Crippen molar-refractivity contribution >= 4 is 39.8 Å². The van der Waals surface area contributed by atoms with Gasteiger partial charge in [0.2, 0.25) is 5.95 Å². The van der Waals surface area contributed by atoms with Crippen LogP contribution in [0.25, 0.3) is 16.6 Å². The molecular weight excluding hydrogens is 338 g/mol. The number of para-hydroxylation sites is 1. The molecule has 4 rings (SSSR count). The third-order valence-corrected chi connectivity index (χ3v) is 4.27. The molecule has 0 unspecified atom stereocenters. The van der Waals surface area contributed by atoms with Crippen molar-refractivity contribution in [3.8, 4) is 5.75 Å². The Morgan fingerprint density at radius 1 is 1.16 bits per heavy atom. The van der Waals surface area contributed by atoms with Gasteiger partial charge in [-0.15, -0.1) is 10.2 Å². The van der Waals surface area contributed by atoms with Gasteiger partial charge >= 0.3 is 0 Å². The van der Waals surface area contributed by atoms with Crippen molar-refractivity contribution in [2.45, 2.75) is 13.3 Å². The number of aryl methyl sites for hydroxylation is 1. The lowest BCUT2D eigenvalue weighted by Crippen LogP contribution is -2.06.